The molecule has 0 bridgehead atoms. The number of halogens is 1. The van der Waals surface area contributed by atoms with E-state index in [0.29, 0.717) is 52.2 Å². The van der Waals surface area contributed by atoms with Crippen LogP contribution in [0.2, 0.25) is 5.02 Å². The number of aromatic nitrogens is 4. The van der Waals surface area contributed by atoms with Crippen molar-refractivity contribution in [3.63, 3.8) is 0 Å². The van der Waals surface area contributed by atoms with Crippen LogP contribution in [0.3, 0.4) is 0 Å². The first kappa shape index (κ1) is 69.1. The highest BCUT2D eigenvalue weighted by Crippen LogP contribution is 2.24. The molecule has 0 unspecified atom stereocenters. The average molecular weight is 1300 g/mol. The molecule has 2 aliphatic rings. The lowest BCUT2D eigenvalue weighted by molar-refractivity contribution is -0.142. The summed E-state index contributed by atoms with van der Waals surface area (Å²) in [4.78, 5) is 161. The predicted molar refractivity (Wildman–Crippen MR) is 346 cm³/mol. The molecule has 29 heteroatoms. The molecule has 0 aliphatic carbocycles. The lowest BCUT2D eigenvalue weighted by atomic mass is 9.99. The van der Waals surface area contributed by atoms with E-state index < -0.39 is 108 Å². The van der Waals surface area contributed by atoms with Gasteiger partial charge in [0.1, 0.15) is 54.4 Å². The van der Waals surface area contributed by atoms with Crippen molar-refractivity contribution >= 4 is 98.4 Å². The van der Waals surface area contributed by atoms with Crippen LogP contribution in [0.1, 0.15) is 88.1 Å². The number of hydrogen-bond acceptors (Lipinski definition) is 13. The van der Waals surface area contributed by atoms with Gasteiger partial charge in [-0.3, -0.25) is 52.9 Å². The molecule has 496 valence electrons. The predicted octanol–water partition coefficient (Wildman–Crippen LogP) is 0.188. The zero-order valence-electron chi connectivity index (χ0n) is 52.0. The fraction of sp³-hybridized carbons (Fsp3) is 0.438. The lowest BCUT2D eigenvalue weighted by Crippen LogP contribution is -2.61. The van der Waals surface area contributed by atoms with Crippen molar-refractivity contribution in [3.05, 3.63) is 125 Å². The van der Waals surface area contributed by atoms with Crippen LogP contribution in [0.25, 0.3) is 21.8 Å². The molecule has 0 spiro atoms. The van der Waals surface area contributed by atoms with Crippen LogP contribution >= 0.6 is 11.6 Å². The number of carbonyl (C=O) groups excluding carboxylic acids is 10. The lowest BCUT2D eigenvalue weighted by Gasteiger charge is -2.30. The van der Waals surface area contributed by atoms with E-state index in [4.69, 9.17) is 23.1 Å². The second kappa shape index (κ2) is 33.0. The van der Waals surface area contributed by atoms with E-state index in [-0.39, 0.29) is 94.6 Å². The molecule has 28 nitrogen and oxygen atoms in total. The highest BCUT2D eigenvalue weighted by molar-refractivity contribution is 6.30. The Bertz CT molecular complexity index is 3640. The second-order valence-electron chi connectivity index (χ2n) is 23.7. The molecule has 2 aliphatic heterocycles. The molecule has 0 saturated carbocycles. The Morgan fingerprint density at radius 3 is 1.74 bits per heavy atom. The first-order valence-electron chi connectivity index (χ1n) is 31.2. The number of fused-ring (bicyclic) bond motifs is 2. The number of nitrogens with zero attached hydrogens (tertiary/aromatic N) is 3. The van der Waals surface area contributed by atoms with Crippen LogP contribution in [-0.4, -0.2) is 176 Å². The van der Waals surface area contributed by atoms with Crippen molar-refractivity contribution in [2.24, 2.45) is 22.4 Å². The number of aromatic amines is 3. The Balaban J connectivity index is 1.05. The maximum atomic E-state index is 15.1. The highest BCUT2D eigenvalue weighted by atomic mass is 35.5. The number of imidazole rings is 1. The highest BCUT2D eigenvalue weighted by Gasteiger charge is 2.40. The normalized spacial score (nSPS) is 16.8. The maximum absolute atomic E-state index is 15.1. The summed E-state index contributed by atoms with van der Waals surface area (Å²) in [6, 6.07) is 9.26. The third kappa shape index (κ3) is 19.1. The number of likely N-dealkylation sites (tertiary alicyclic amines) is 1. The van der Waals surface area contributed by atoms with Gasteiger partial charge in [-0.25, -0.2) is 4.98 Å². The Morgan fingerprint density at radius 2 is 1.20 bits per heavy atom. The molecule has 3 aromatic carbocycles. The fourth-order valence-electron chi connectivity index (χ4n) is 11.5. The molecule has 10 amide bonds. The minimum absolute atomic E-state index is 0.0734. The largest absolute Gasteiger partial charge is 0.394 e. The van der Waals surface area contributed by atoms with Crippen molar-refractivity contribution in [3.8, 4) is 0 Å². The first-order chi connectivity index (χ1) is 44.7. The number of rotatable bonds is 32. The summed E-state index contributed by atoms with van der Waals surface area (Å²) < 4.78 is 0. The van der Waals surface area contributed by atoms with Crippen LogP contribution in [0, 0.1) is 5.92 Å². The van der Waals surface area contributed by atoms with Crippen molar-refractivity contribution in [2.75, 3.05) is 26.2 Å². The fourth-order valence-corrected chi connectivity index (χ4v) is 11.6. The number of H-pyrrole nitrogens is 3. The van der Waals surface area contributed by atoms with Gasteiger partial charge in [-0.15, -0.1) is 0 Å². The molecule has 93 heavy (non-hydrogen) atoms. The molecule has 5 heterocycles. The number of para-hydroxylation sites is 2. The van der Waals surface area contributed by atoms with Gasteiger partial charge in [0.05, 0.1) is 12.9 Å². The van der Waals surface area contributed by atoms with E-state index in [1.165, 1.54) is 17.4 Å². The number of nitrogens with two attached hydrogens (primary N) is 2. The van der Waals surface area contributed by atoms with E-state index >= 15 is 9.59 Å². The van der Waals surface area contributed by atoms with E-state index in [1.54, 1.807) is 55.7 Å². The van der Waals surface area contributed by atoms with E-state index in [9.17, 15) is 43.5 Å². The van der Waals surface area contributed by atoms with Gasteiger partial charge in [0.15, 0.2) is 5.96 Å². The summed E-state index contributed by atoms with van der Waals surface area (Å²) in [7, 11) is 0. The van der Waals surface area contributed by atoms with Crippen molar-refractivity contribution in [2.45, 2.75) is 146 Å². The Kier molecular flexibility index (Phi) is 24.5. The summed E-state index contributed by atoms with van der Waals surface area (Å²) in [5.41, 5.74) is 14.8. The minimum atomic E-state index is -1.76. The number of benzene rings is 3. The average Bonchev–Trinajstić information content (AvgIpc) is 1.82. The Morgan fingerprint density at radius 1 is 0.667 bits per heavy atom. The molecule has 6 aromatic rings. The zero-order chi connectivity index (χ0) is 66.7. The van der Waals surface area contributed by atoms with Gasteiger partial charge in [0, 0.05) is 103 Å². The van der Waals surface area contributed by atoms with Gasteiger partial charge in [-0.2, -0.15) is 0 Å². The molecule has 8 rings (SSSR count). The number of amides is 10. The van der Waals surface area contributed by atoms with Gasteiger partial charge in [-0.1, -0.05) is 74.0 Å². The first-order valence-corrected chi connectivity index (χ1v) is 31.5. The molecule has 0 radical (unpaired) electrons. The molecule has 2 fully saturated rings. The summed E-state index contributed by atoms with van der Waals surface area (Å²) >= 11 is 6.28. The third-order valence-electron chi connectivity index (χ3n) is 16.3. The van der Waals surface area contributed by atoms with Crippen LogP contribution in [-0.2, 0) is 73.6 Å². The van der Waals surface area contributed by atoms with Gasteiger partial charge in [0.25, 0.3) is 0 Å². The van der Waals surface area contributed by atoms with Crippen molar-refractivity contribution in [1.82, 2.24) is 72.7 Å². The molecular formula is C64H82ClN17O11. The van der Waals surface area contributed by atoms with Gasteiger partial charge < -0.3 is 84.3 Å². The van der Waals surface area contributed by atoms with E-state index in [2.05, 4.69) is 72.8 Å². The topological polar surface area (TPSA) is 427 Å². The number of nitrogens with one attached hydrogen (secondary N) is 12. The monoisotopic (exact) mass is 1300 g/mol. The molecule has 3 aromatic heterocycles. The smallest absolute Gasteiger partial charge is 0.245 e. The Hall–Kier alpha value is -9.83. The van der Waals surface area contributed by atoms with Crippen LogP contribution in [0.15, 0.2) is 103 Å². The van der Waals surface area contributed by atoms with E-state index in [1.807, 2.05) is 50.2 Å². The van der Waals surface area contributed by atoms with Gasteiger partial charge in [0.2, 0.25) is 59.1 Å². The second-order valence-corrected chi connectivity index (χ2v) is 24.1. The van der Waals surface area contributed by atoms with Crippen LogP contribution < -0.4 is 59.3 Å². The van der Waals surface area contributed by atoms with Crippen LogP contribution in [0.5, 0.6) is 0 Å². The number of aliphatic hydroxyl groups excluding tert-OH is 1. The quantitative estimate of drug-likeness (QED) is 0.0152. The van der Waals surface area contributed by atoms with Crippen LogP contribution in [0.4, 0.5) is 0 Å². The number of aliphatic hydroxyl groups is 1. The number of likely N-dealkylation sites (N-methyl/N-ethyl adjacent to an activating group) is 1. The van der Waals surface area contributed by atoms with E-state index in [0.717, 1.165) is 16.4 Å². The summed E-state index contributed by atoms with van der Waals surface area (Å²) in [5.74, 6) is -7.35. The number of guanidine groups is 1. The molecule has 2 saturated heterocycles. The molecule has 9 atom stereocenters. The minimum Gasteiger partial charge on any atom is -0.394 e. The summed E-state index contributed by atoms with van der Waals surface area (Å²) in [6.45, 7) is 5.19. The van der Waals surface area contributed by atoms with Gasteiger partial charge in [-0.05, 0) is 92.3 Å². The van der Waals surface area contributed by atoms with Crippen molar-refractivity contribution < 1.29 is 53.1 Å². The zero-order valence-corrected chi connectivity index (χ0v) is 52.8. The third-order valence-corrected chi connectivity index (χ3v) is 16.5. The van der Waals surface area contributed by atoms with Crippen molar-refractivity contribution in [1.29, 1.82) is 0 Å². The maximum Gasteiger partial charge on any atom is 0.245 e. The number of aliphatic imine (C=N–C) groups is 1. The number of hydrogen-bond donors (Lipinski definition) is 15. The summed E-state index contributed by atoms with van der Waals surface area (Å²) in [5, 5.41) is 37.3. The van der Waals surface area contributed by atoms with Gasteiger partial charge >= 0.3 is 0 Å². The SMILES string of the molecule is CCNC(=O)[C@@H]1CCCN1C(=O)[C@H](CCCN=C(N)N)NC(=O)[C@H](CC(C)C)NC(=O)[C@@H](Cc1c[nH]c2ccccc12)NC(=O)[C@H](Cc1ccc(Cl)cc1)NC(=O)[C@H](CO)NC(=O)[C@H](Cc1c[nH]c2ccccc12)NC(=O)[C@H](Cc1cnc[nH]1)NC(=O)[C@@H]1CCC(=O)N1. The molecule has 17 N–H and O–H groups in total. The molecular weight excluding hydrogens is 1220 g/mol. The summed E-state index contributed by atoms with van der Waals surface area (Å²) in [6.07, 6.45) is 7.25. The number of carbonyl (C=O) groups is 10. The Labute approximate surface area is 541 Å². The standard InChI is InChI=1S/C64H82ClN17O11/c1-4-69-62(92)53-16-10-24-82(53)63(93)46(15-9-23-70-64(66)67)75-56(86)47(25-35(2)3)76-58(88)49(27-37-30-71-43-13-7-5-11-41(37)43)78-57(87)48(26-36-17-19-39(65)20-18-36)77-61(91)52(33-83)81-59(89)50(28-38-31-72-44-14-8-6-12-42(38)44)79-60(90)51(29-40-32-68-34-73-40)80-55(85)45-21-22-54(84)74-45/h5-8,11-14,17-20,30-32,34-35,45-53,71-72,83H,4,9-10,15-16,21-29,33H2,1-3H3,(H,68,73)(H,69,92)(H,74,84)(H,75,86)(H,76,88)(H,77,91)(H,78,87)(H,79,90)(H,80,85)(H,81,89)(H4,66,67,70)/t45-,46-,47-,48-,49+,50-,51-,52-,53-/m0/s1.